The molecule has 0 spiro atoms. The first-order valence-electron chi connectivity index (χ1n) is 9.23. The lowest BCUT2D eigenvalue weighted by Crippen LogP contribution is -2.27. The van der Waals surface area contributed by atoms with Crippen molar-refractivity contribution in [3.8, 4) is 0 Å². The molecular formula is C18H40OSi. The Bertz CT molecular complexity index is 178. The predicted molar refractivity (Wildman–Crippen MR) is 95.4 cm³/mol. The molecule has 0 saturated carbocycles. The normalized spacial score (nSPS) is 12.2. The zero-order valence-electron chi connectivity index (χ0n) is 14.8. The minimum Gasteiger partial charge on any atom is -0.423 e. The van der Waals surface area contributed by atoms with Gasteiger partial charge >= 0.3 is 0 Å². The van der Waals surface area contributed by atoms with Crippen LogP contribution in [-0.4, -0.2) is 16.1 Å². The van der Waals surface area contributed by atoms with E-state index in [1.807, 2.05) is 0 Å². The van der Waals surface area contributed by atoms with Gasteiger partial charge in [-0.3, -0.25) is 0 Å². The molecular weight excluding hydrogens is 260 g/mol. The summed E-state index contributed by atoms with van der Waals surface area (Å²) in [5, 5.41) is 0. The highest BCUT2D eigenvalue weighted by Crippen LogP contribution is 2.25. The lowest BCUT2D eigenvalue weighted by atomic mass is 9.91. The van der Waals surface area contributed by atoms with Gasteiger partial charge in [-0.15, -0.1) is 0 Å². The largest absolute Gasteiger partial charge is 0.423 e. The van der Waals surface area contributed by atoms with Crippen LogP contribution < -0.4 is 0 Å². The van der Waals surface area contributed by atoms with Crippen LogP contribution in [0.1, 0.15) is 111 Å². The van der Waals surface area contributed by atoms with E-state index in [-0.39, 0.29) is 5.60 Å². The Labute approximate surface area is 131 Å². The fraction of sp³-hybridized carbons (Fsp3) is 1.00. The second kappa shape index (κ2) is 14.1. The number of hydrogen-bond donors (Lipinski definition) is 0. The first-order valence-corrected chi connectivity index (χ1v) is 10.1. The average Bonchev–Trinajstić information content (AvgIpc) is 2.46. The monoisotopic (exact) mass is 300 g/mol. The molecule has 0 aliphatic heterocycles. The van der Waals surface area contributed by atoms with Crippen LogP contribution in [0, 0.1) is 0 Å². The van der Waals surface area contributed by atoms with E-state index in [9.17, 15) is 0 Å². The SMILES string of the molecule is CCCCCCCCC(C)(CCCCCCCC)O[SiH3]. The molecule has 0 aromatic carbocycles. The summed E-state index contributed by atoms with van der Waals surface area (Å²) in [6, 6.07) is 0. The quantitative estimate of drug-likeness (QED) is 0.285. The molecule has 0 aromatic rings. The van der Waals surface area contributed by atoms with Crippen molar-refractivity contribution in [2.75, 3.05) is 0 Å². The van der Waals surface area contributed by atoms with Crippen LogP contribution in [0.2, 0.25) is 0 Å². The van der Waals surface area contributed by atoms with Crippen LogP contribution in [0.15, 0.2) is 0 Å². The maximum atomic E-state index is 5.93. The standard InChI is InChI=1S/C18H40OSi/c1-4-6-8-10-12-14-16-18(3,19-20)17-15-13-11-9-7-5-2/h4-17H2,1-3,20H3. The molecule has 0 amide bonds. The molecule has 2 heteroatoms. The van der Waals surface area contributed by atoms with E-state index in [1.165, 1.54) is 89.9 Å². The second-order valence-corrected chi connectivity index (χ2v) is 7.10. The maximum absolute atomic E-state index is 5.93. The Balaban J connectivity index is 3.57. The molecule has 122 valence electrons. The highest BCUT2D eigenvalue weighted by molar-refractivity contribution is 5.98. The molecule has 0 heterocycles. The van der Waals surface area contributed by atoms with Gasteiger partial charge in [-0.05, 0) is 19.8 Å². The fourth-order valence-electron chi connectivity index (χ4n) is 2.89. The van der Waals surface area contributed by atoms with Crippen molar-refractivity contribution in [2.45, 2.75) is 116 Å². The van der Waals surface area contributed by atoms with Crippen molar-refractivity contribution in [3.63, 3.8) is 0 Å². The van der Waals surface area contributed by atoms with Gasteiger partial charge in [0.2, 0.25) is 0 Å². The first kappa shape index (κ1) is 20.2. The van der Waals surface area contributed by atoms with Gasteiger partial charge in [-0.1, -0.05) is 90.9 Å². The summed E-state index contributed by atoms with van der Waals surface area (Å²) in [4.78, 5) is 0. The summed E-state index contributed by atoms with van der Waals surface area (Å²) in [7, 11) is 0.887. The summed E-state index contributed by atoms with van der Waals surface area (Å²) < 4.78 is 5.93. The minimum absolute atomic E-state index is 0.196. The average molecular weight is 301 g/mol. The first-order chi connectivity index (χ1) is 9.68. The fourth-order valence-corrected chi connectivity index (χ4v) is 3.30. The third-order valence-corrected chi connectivity index (χ3v) is 5.60. The van der Waals surface area contributed by atoms with Crippen LogP contribution in [0.4, 0.5) is 0 Å². The molecule has 0 unspecified atom stereocenters. The molecule has 0 aliphatic rings. The number of unbranched alkanes of at least 4 members (excludes halogenated alkanes) is 10. The molecule has 0 N–H and O–H groups in total. The van der Waals surface area contributed by atoms with Gasteiger partial charge < -0.3 is 4.43 Å². The Morgan fingerprint density at radius 3 is 1.35 bits per heavy atom. The zero-order chi connectivity index (χ0) is 15.1. The van der Waals surface area contributed by atoms with E-state index < -0.39 is 0 Å². The van der Waals surface area contributed by atoms with Crippen molar-refractivity contribution in [3.05, 3.63) is 0 Å². The molecule has 1 nitrogen and oxygen atoms in total. The Morgan fingerprint density at radius 2 is 1.00 bits per heavy atom. The van der Waals surface area contributed by atoms with Gasteiger partial charge in [0.05, 0.1) is 5.60 Å². The van der Waals surface area contributed by atoms with Crippen molar-refractivity contribution in [2.24, 2.45) is 0 Å². The highest BCUT2D eigenvalue weighted by atomic mass is 28.2. The van der Waals surface area contributed by atoms with E-state index in [1.54, 1.807) is 0 Å². The zero-order valence-corrected chi connectivity index (χ0v) is 16.8. The third-order valence-electron chi connectivity index (χ3n) is 4.61. The van der Waals surface area contributed by atoms with Crippen LogP contribution >= 0.6 is 0 Å². The Morgan fingerprint density at radius 1 is 0.650 bits per heavy atom. The van der Waals surface area contributed by atoms with Gasteiger partial charge in [0.25, 0.3) is 0 Å². The van der Waals surface area contributed by atoms with Crippen LogP contribution in [0.3, 0.4) is 0 Å². The molecule has 0 rings (SSSR count). The molecule has 0 radical (unpaired) electrons. The van der Waals surface area contributed by atoms with Crippen LogP contribution in [-0.2, 0) is 4.43 Å². The van der Waals surface area contributed by atoms with Crippen molar-refractivity contribution >= 4 is 10.5 Å². The van der Waals surface area contributed by atoms with E-state index >= 15 is 0 Å². The molecule has 20 heavy (non-hydrogen) atoms. The van der Waals surface area contributed by atoms with Crippen molar-refractivity contribution in [1.82, 2.24) is 0 Å². The molecule has 0 saturated heterocycles. The Hall–Kier alpha value is 0.177. The second-order valence-electron chi connectivity index (χ2n) is 6.69. The van der Waals surface area contributed by atoms with Crippen molar-refractivity contribution < 1.29 is 4.43 Å². The van der Waals surface area contributed by atoms with E-state index in [0.717, 1.165) is 10.5 Å². The molecule has 0 bridgehead atoms. The summed E-state index contributed by atoms with van der Waals surface area (Å²) in [5.41, 5.74) is 0.196. The predicted octanol–water partition coefficient (Wildman–Crippen LogP) is 5.54. The summed E-state index contributed by atoms with van der Waals surface area (Å²) in [5.74, 6) is 0. The number of hydrogen-bond acceptors (Lipinski definition) is 1. The van der Waals surface area contributed by atoms with E-state index in [2.05, 4.69) is 20.8 Å². The smallest absolute Gasteiger partial charge is 0.146 e. The number of rotatable bonds is 15. The Kier molecular flexibility index (Phi) is 14.3. The molecule has 0 fully saturated rings. The lowest BCUT2D eigenvalue weighted by molar-refractivity contribution is 0.0744. The van der Waals surface area contributed by atoms with E-state index in [4.69, 9.17) is 4.43 Å². The van der Waals surface area contributed by atoms with Crippen molar-refractivity contribution in [1.29, 1.82) is 0 Å². The van der Waals surface area contributed by atoms with Crippen LogP contribution in [0.25, 0.3) is 0 Å². The van der Waals surface area contributed by atoms with E-state index in [0.29, 0.717) is 0 Å². The molecule has 0 aliphatic carbocycles. The summed E-state index contributed by atoms with van der Waals surface area (Å²) in [6.07, 6.45) is 19.3. The lowest BCUT2D eigenvalue weighted by Gasteiger charge is -2.29. The minimum atomic E-state index is 0.196. The molecule has 0 aromatic heterocycles. The third kappa shape index (κ3) is 12.0. The van der Waals surface area contributed by atoms with Crippen LogP contribution in [0.5, 0.6) is 0 Å². The maximum Gasteiger partial charge on any atom is 0.146 e. The highest BCUT2D eigenvalue weighted by Gasteiger charge is 2.21. The summed E-state index contributed by atoms with van der Waals surface area (Å²) in [6.45, 7) is 6.92. The van der Waals surface area contributed by atoms with Gasteiger partial charge in [0, 0.05) is 0 Å². The van der Waals surface area contributed by atoms with Gasteiger partial charge in [-0.25, -0.2) is 0 Å². The van der Waals surface area contributed by atoms with Gasteiger partial charge in [0.15, 0.2) is 0 Å². The summed E-state index contributed by atoms with van der Waals surface area (Å²) >= 11 is 0. The van der Waals surface area contributed by atoms with Gasteiger partial charge in [0.1, 0.15) is 10.5 Å². The van der Waals surface area contributed by atoms with Gasteiger partial charge in [-0.2, -0.15) is 0 Å². The molecule has 0 atom stereocenters. The topological polar surface area (TPSA) is 9.23 Å².